The Labute approximate surface area is 189 Å². The number of esters is 1. The van der Waals surface area contributed by atoms with Gasteiger partial charge in [0.15, 0.2) is 11.5 Å². The molecule has 0 atom stereocenters. The predicted molar refractivity (Wildman–Crippen MR) is 126 cm³/mol. The van der Waals surface area contributed by atoms with Gasteiger partial charge in [-0.15, -0.1) is 11.3 Å². The van der Waals surface area contributed by atoms with Gasteiger partial charge in [0.05, 0.1) is 39.8 Å². The molecule has 0 bridgehead atoms. The predicted octanol–water partition coefficient (Wildman–Crippen LogP) is 5.02. The first-order valence-electron chi connectivity index (χ1n) is 9.69. The number of thiophene rings is 1. The molecule has 0 saturated carbocycles. The van der Waals surface area contributed by atoms with E-state index in [9.17, 15) is 4.79 Å². The number of nitrogen functional groups attached to an aromatic ring is 1. The number of hydrogen-bond donors (Lipinski definition) is 1. The Balaban J connectivity index is 2.07. The van der Waals surface area contributed by atoms with Gasteiger partial charge in [-0.25, -0.2) is 9.78 Å². The molecule has 8 heteroatoms. The van der Waals surface area contributed by atoms with Crippen LogP contribution in [0, 0.1) is 0 Å². The van der Waals surface area contributed by atoms with Crippen LogP contribution in [0.4, 0.5) is 5.69 Å². The van der Waals surface area contributed by atoms with Crippen molar-refractivity contribution in [2.24, 2.45) is 0 Å². The van der Waals surface area contributed by atoms with Gasteiger partial charge in [0, 0.05) is 10.9 Å². The number of hydrogen-bond acceptors (Lipinski definition) is 8. The van der Waals surface area contributed by atoms with Crippen LogP contribution in [0.1, 0.15) is 9.67 Å². The summed E-state index contributed by atoms with van der Waals surface area (Å²) in [5, 5.41) is 0.671. The minimum Gasteiger partial charge on any atom is -0.493 e. The summed E-state index contributed by atoms with van der Waals surface area (Å²) < 4.78 is 21.4. The van der Waals surface area contributed by atoms with Crippen LogP contribution >= 0.6 is 11.3 Å². The number of benzene rings is 2. The number of methoxy groups -OCH3 is 4. The molecule has 4 rings (SSSR count). The molecular weight excluding hydrogens is 428 g/mol. The maximum absolute atomic E-state index is 12.3. The lowest BCUT2D eigenvalue weighted by atomic mass is 9.98. The summed E-state index contributed by atoms with van der Waals surface area (Å²) in [6.07, 6.45) is 0. The number of anilines is 1. The first kappa shape index (κ1) is 21.5. The van der Waals surface area contributed by atoms with Crippen LogP contribution in [0.3, 0.4) is 0 Å². The Hall–Kier alpha value is -3.78. The molecule has 32 heavy (non-hydrogen) atoms. The molecule has 164 valence electrons. The van der Waals surface area contributed by atoms with Crippen LogP contribution in [-0.4, -0.2) is 39.4 Å². The van der Waals surface area contributed by atoms with Gasteiger partial charge in [-0.2, -0.15) is 0 Å². The lowest BCUT2D eigenvalue weighted by Gasteiger charge is -2.15. The third kappa shape index (κ3) is 3.58. The van der Waals surface area contributed by atoms with E-state index in [1.165, 1.54) is 18.4 Å². The van der Waals surface area contributed by atoms with E-state index in [4.69, 9.17) is 29.7 Å². The number of nitrogens with zero attached hydrogens (tertiary/aromatic N) is 1. The Morgan fingerprint density at radius 3 is 2.12 bits per heavy atom. The minimum atomic E-state index is -0.498. The van der Waals surface area contributed by atoms with Crippen molar-refractivity contribution in [1.29, 1.82) is 0 Å². The van der Waals surface area contributed by atoms with Gasteiger partial charge in [0.2, 0.25) is 5.75 Å². The van der Waals surface area contributed by atoms with Crippen LogP contribution in [0.2, 0.25) is 0 Å². The molecule has 2 aromatic heterocycles. The molecule has 0 aliphatic carbocycles. The lowest BCUT2D eigenvalue weighted by molar-refractivity contribution is 0.0607. The van der Waals surface area contributed by atoms with E-state index >= 15 is 0 Å². The highest BCUT2D eigenvalue weighted by Gasteiger charge is 2.23. The van der Waals surface area contributed by atoms with E-state index in [1.807, 2.05) is 48.5 Å². The van der Waals surface area contributed by atoms with E-state index in [-0.39, 0.29) is 0 Å². The maximum Gasteiger partial charge on any atom is 0.350 e. The topological polar surface area (TPSA) is 92.9 Å². The van der Waals surface area contributed by atoms with Crippen molar-refractivity contribution >= 4 is 33.2 Å². The van der Waals surface area contributed by atoms with Gasteiger partial charge < -0.3 is 24.7 Å². The van der Waals surface area contributed by atoms with Crippen molar-refractivity contribution in [3.63, 3.8) is 0 Å². The summed E-state index contributed by atoms with van der Waals surface area (Å²) in [6, 6.07) is 15.4. The Morgan fingerprint density at radius 1 is 0.906 bits per heavy atom. The van der Waals surface area contributed by atoms with Crippen LogP contribution in [0.25, 0.3) is 32.6 Å². The summed E-state index contributed by atoms with van der Waals surface area (Å²) in [5.74, 6) is 1.01. The number of fused-ring (bicyclic) bond motifs is 1. The number of pyridine rings is 1. The number of rotatable bonds is 6. The first-order chi connectivity index (χ1) is 15.5. The highest BCUT2D eigenvalue weighted by molar-refractivity contribution is 7.21. The fourth-order valence-corrected chi connectivity index (χ4v) is 4.62. The van der Waals surface area contributed by atoms with E-state index in [2.05, 4.69) is 0 Å². The molecule has 2 aromatic carbocycles. The molecule has 0 aliphatic heterocycles. The number of carbonyl (C=O) groups is 1. The molecule has 0 fully saturated rings. The third-order valence-corrected chi connectivity index (χ3v) is 6.19. The van der Waals surface area contributed by atoms with Crippen molar-refractivity contribution in [3.8, 4) is 39.6 Å². The monoisotopic (exact) mass is 450 g/mol. The highest BCUT2D eigenvalue weighted by atomic mass is 32.1. The van der Waals surface area contributed by atoms with Crippen molar-refractivity contribution in [3.05, 3.63) is 53.4 Å². The molecule has 4 aromatic rings. The minimum absolute atomic E-state index is 0.314. The van der Waals surface area contributed by atoms with Gasteiger partial charge >= 0.3 is 5.97 Å². The summed E-state index contributed by atoms with van der Waals surface area (Å²) in [6.45, 7) is 0. The zero-order valence-corrected chi connectivity index (χ0v) is 18.9. The van der Waals surface area contributed by atoms with E-state index in [0.717, 1.165) is 22.4 Å². The van der Waals surface area contributed by atoms with Crippen molar-refractivity contribution in [1.82, 2.24) is 4.98 Å². The van der Waals surface area contributed by atoms with E-state index < -0.39 is 5.97 Å². The Bertz CT molecular complexity index is 1280. The molecular formula is C24H22N2O5S. The van der Waals surface area contributed by atoms with Crippen molar-refractivity contribution in [2.45, 2.75) is 0 Å². The van der Waals surface area contributed by atoms with Crippen LogP contribution in [-0.2, 0) is 4.74 Å². The fourth-order valence-electron chi connectivity index (χ4n) is 3.59. The molecule has 0 amide bonds. The largest absolute Gasteiger partial charge is 0.493 e. The molecule has 2 heterocycles. The summed E-state index contributed by atoms with van der Waals surface area (Å²) in [5.41, 5.74) is 10.0. The number of ether oxygens (including phenoxy) is 4. The third-order valence-electron chi connectivity index (χ3n) is 5.12. The SMILES string of the molecule is COC(=O)c1sc2nc(-c3ccccc3)cc(-c3cc(OC)c(OC)c(OC)c3)c2c1N. The second-order valence-corrected chi connectivity index (χ2v) is 7.85. The number of aromatic nitrogens is 1. The average molecular weight is 451 g/mol. The fraction of sp³-hybridized carbons (Fsp3) is 0.167. The zero-order valence-electron chi connectivity index (χ0n) is 18.1. The van der Waals surface area contributed by atoms with Gasteiger partial charge in [-0.05, 0) is 29.3 Å². The normalized spacial score (nSPS) is 10.8. The molecule has 0 unspecified atom stereocenters. The summed E-state index contributed by atoms with van der Waals surface area (Å²) >= 11 is 1.20. The zero-order chi connectivity index (χ0) is 22.8. The van der Waals surface area contributed by atoms with Crippen LogP contribution in [0.5, 0.6) is 17.2 Å². The van der Waals surface area contributed by atoms with Gasteiger partial charge in [0.1, 0.15) is 9.71 Å². The molecule has 0 spiro atoms. The molecule has 0 radical (unpaired) electrons. The first-order valence-corrected chi connectivity index (χ1v) is 10.5. The number of carbonyl (C=O) groups excluding carboxylic acids is 1. The smallest absolute Gasteiger partial charge is 0.350 e. The summed E-state index contributed by atoms with van der Waals surface area (Å²) in [7, 11) is 6.01. The summed E-state index contributed by atoms with van der Waals surface area (Å²) in [4.78, 5) is 18.1. The average Bonchev–Trinajstić information content (AvgIpc) is 3.18. The molecule has 0 saturated heterocycles. The van der Waals surface area contributed by atoms with Gasteiger partial charge in [-0.3, -0.25) is 0 Å². The van der Waals surface area contributed by atoms with Gasteiger partial charge in [0.25, 0.3) is 0 Å². The lowest BCUT2D eigenvalue weighted by Crippen LogP contribution is -2.01. The van der Waals surface area contributed by atoms with Gasteiger partial charge in [-0.1, -0.05) is 30.3 Å². The van der Waals surface area contributed by atoms with E-state index in [0.29, 0.717) is 38.0 Å². The Kier molecular flexibility index (Phi) is 5.87. The second-order valence-electron chi connectivity index (χ2n) is 6.85. The standard InChI is InChI=1S/C24H22N2O5S/c1-28-17-10-14(11-18(29-2)21(17)30-3)15-12-16(13-8-6-5-7-9-13)26-23-19(15)20(25)22(32-23)24(27)31-4/h5-12H,25H2,1-4H3. The van der Waals surface area contributed by atoms with Crippen LogP contribution in [0.15, 0.2) is 48.5 Å². The highest BCUT2D eigenvalue weighted by Crippen LogP contribution is 2.46. The molecule has 7 nitrogen and oxygen atoms in total. The van der Waals surface area contributed by atoms with E-state index in [1.54, 1.807) is 21.3 Å². The quantitative estimate of drug-likeness (QED) is 0.412. The van der Waals surface area contributed by atoms with Crippen molar-refractivity contribution in [2.75, 3.05) is 34.2 Å². The van der Waals surface area contributed by atoms with Crippen molar-refractivity contribution < 1.29 is 23.7 Å². The second kappa shape index (κ2) is 8.76. The Morgan fingerprint density at radius 2 is 1.56 bits per heavy atom. The van der Waals surface area contributed by atoms with Crippen LogP contribution < -0.4 is 19.9 Å². The molecule has 2 N–H and O–H groups in total. The number of nitrogens with two attached hydrogens (primary N) is 1. The maximum atomic E-state index is 12.3. The molecule has 0 aliphatic rings.